The fourth-order valence-electron chi connectivity index (χ4n) is 1.75. The Morgan fingerprint density at radius 1 is 1.50 bits per heavy atom. The molecule has 4 nitrogen and oxygen atoms in total. The molecule has 2 aromatic rings. The minimum absolute atomic E-state index is 0.184. The quantitative estimate of drug-likeness (QED) is 0.844. The van der Waals surface area contributed by atoms with Gasteiger partial charge in [0, 0.05) is 11.0 Å². The summed E-state index contributed by atoms with van der Waals surface area (Å²) in [6.07, 6.45) is 0. The van der Waals surface area contributed by atoms with Crippen molar-refractivity contribution in [3.8, 4) is 17.1 Å². The number of phenols is 1. The molecular weight excluding hydrogens is 314 g/mol. The highest BCUT2D eigenvalue weighted by Gasteiger charge is 2.13. The third-order valence-corrected chi connectivity index (χ3v) is 3.31. The first-order chi connectivity index (χ1) is 8.49. The molecule has 6 heteroatoms. The number of halogens is 1. The summed E-state index contributed by atoms with van der Waals surface area (Å²) in [7, 11) is 0. The zero-order chi connectivity index (χ0) is 13.3. The summed E-state index contributed by atoms with van der Waals surface area (Å²) in [5, 5.41) is 17.0. The standard InChI is InChI=1S/C12H14BrN3OS/c1-7(2)6-16-11(14-15-12(16)18)9-4-3-8(13)5-10(9)17/h3-5,7,17H,6H2,1-2H3,(H,15,18). The van der Waals surface area contributed by atoms with Crippen LogP contribution in [0.5, 0.6) is 5.75 Å². The second kappa shape index (κ2) is 5.24. The van der Waals surface area contributed by atoms with Crippen LogP contribution in [0, 0.1) is 10.7 Å². The summed E-state index contributed by atoms with van der Waals surface area (Å²) in [6, 6.07) is 5.33. The van der Waals surface area contributed by atoms with Gasteiger partial charge in [-0.25, -0.2) is 0 Å². The van der Waals surface area contributed by atoms with Gasteiger partial charge in [0.05, 0.1) is 5.56 Å². The number of hydrogen-bond acceptors (Lipinski definition) is 3. The van der Waals surface area contributed by atoms with Crippen LogP contribution in [0.2, 0.25) is 0 Å². The van der Waals surface area contributed by atoms with Crippen molar-refractivity contribution in [2.24, 2.45) is 5.92 Å². The Morgan fingerprint density at radius 3 is 2.83 bits per heavy atom. The summed E-state index contributed by atoms with van der Waals surface area (Å²) in [6.45, 7) is 4.99. The van der Waals surface area contributed by atoms with Crippen LogP contribution < -0.4 is 0 Å². The molecule has 0 aliphatic rings. The van der Waals surface area contributed by atoms with E-state index in [1.165, 1.54) is 0 Å². The van der Waals surface area contributed by atoms with E-state index in [1.807, 2.05) is 16.7 Å². The topological polar surface area (TPSA) is 53.8 Å². The molecule has 2 N–H and O–H groups in total. The zero-order valence-corrected chi connectivity index (χ0v) is 12.5. The van der Waals surface area contributed by atoms with Gasteiger partial charge < -0.3 is 5.11 Å². The Bertz CT molecular complexity index is 618. The van der Waals surface area contributed by atoms with Crippen LogP contribution in [0.25, 0.3) is 11.4 Å². The first kappa shape index (κ1) is 13.3. The zero-order valence-electron chi connectivity index (χ0n) is 10.1. The van der Waals surface area contributed by atoms with E-state index < -0.39 is 0 Å². The predicted molar refractivity (Wildman–Crippen MR) is 77.1 cm³/mol. The van der Waals surface area contributed by atoms with Gasteiger partial charge in [-0.1, -0.05) is 29.8 Å². The van der Waals surface area contributed by atoms with E-state index in [0.717, 1.165) is 11.0 Å². The normalized spacial score (nSPS) is 11.1. The van der Waals surface area contributed by atoms with Crippen molar-refractivity contribution in [2.75, 3.05) is 0 Å². The van der Waals surface area contributed by atoms with Gasteiger partial charge in [0.15, 0.2) is 10.6 Å². The van der Waals surface area contributed by atoms with Crippen LogP contribution in [0.1, 0.15) is 13.8 Å². The van der Waals surface area contributed by atoms with E-state index in [-0.39, 0.29) is 5.75 Å². The molecule has 0 aliphatic heterocycles. The van der Waals surface area contributed by atoms with Crippen LogP contribution in [0.4, 0.5) is 0 Å². The molecule has 18 heavy (non-hydrogen) atoms. The Balaban J connectivity index is 2.54. The molecule has 1 aromatic heterocycles. The lowest BCUT2D eigenvalue weighted by molar-refractivity contribution is 0.474. The Labute approximate surface area is 119 Å². The van der Waals surface area contributed by atoms with Crippen molar-refractivity contribution in [1.82, 2.24) is 14.8 Å². The minimum Gasteiger partial charge on any atom is -0.507 e. The number of rotatable bonds is 3. The number of phenolic OH excluding ortho intramolecular Hbond substituents is 1. The first-order valence-electron chi connectivity index (χ1n) is 5.63. The second-order valence-electron chi connectivity index (χ2n) is 4.52. The van der Waals surface area contributed by atoms with E-state index in [2.05, 4.69) is 40.0 Å². The number of aromatic hydroxyl groups is 1. The maximum absolute atomic E-state index is 9.98. The van der Waals surface area contributed by atoms with Crippen molar-refractivity contribution in [3.05, 3.63) is 27.4 Å². The molecule has 2 rings (SSSR count). The third kappa shape index (κ3) is 2.64. The van der Waals surface area contributed by atoms with Gasteiger partial charge in [-0.05, 0) is 36.3 Å². The Kier molecular flexibility index (Phi) is 3.87. The molecule has 0 saturated carbocycles. The van der Waals surface area contributed by atoms with Crippen molar-refractivity contribution in [1.29, 1.82) is 0 Å². The fraction of sp³-hybridized carbons (Fsp3) is 0.333. The molecule has 0 aliphatic carbocycles. The monoisotopic (exact) mass is 327 g/mol. The van der Waals surface area contributed by atoms with Crippen LogP contribution in [-0.2, 0) is 6.54 Å². The second-order valence-corrected chi connectivity index (χ2v) is 5.82. The van der Waals surface area contributed by atoms with Crippen molar-refractivity contribution < 1.29 is 5.11 Å². The molecule has 96 valence electrons. The van der Waals surface area contributed by atoms with Crippen molar-refractivity contribution >= 4 is 28.1 Å². The maximum atomic E-state index is 9.98. The lowest BCUT2D eigenvalue weighted by atomic mass is 10.1. The Hall–Kier alpha value is -1.14. The molecule has 0 fully saturated rings. The summed E-state index contributed by atoms with van der Waals surface area (Å²) in [4.78, 5) is 0. The summed E-state index contributed by atoms with van der Waals surface area (Å²) in [5.74, 6) is 1.30. The molecule has 0 saturated heterocycles. The average Bonchev–Trinajstić information content (AvgIpc) is 2.60. The summed E-state index contributed by atoms with van der Waals surface area (Å²) < 4.78 is 3.30. The highest BCUT2D eigenvalue weighted by molar-refractivity contribution is 9.10. The molecular formula is C12H14BrN3OS. The van der Waals surface area contributed by atoms with Crippen LogP contribution >= 0.6 is 28.1 Å². The molecule has 0 spiro atoms. The van der Waals surface area contributed by atoms with Gasteiger partial charge in [0.2, 0.25) is 0 Å². The Morgan fingerprint density at radius 2 is 2.22 bits per heavy atom. The van der Waals surface area contributed by atoms with E-state index in [4.69, 9.17) is 12.2 Å². The number of benzene rings is 1. The molecule has 0 radical (unpaired) electrons. The predicted octanol–water partition coefficient (Wildman–Crippen LogP) is 3.73. The third-order valence-electron chi connectivity index (χ3n) is 2.51. The van der Waals surface area contributed by atoms with Crippen LogP contribution in [0.3, 0.4) is 0 Å². The molecule has 0 unspecified atom stereocenters. The highest BCUT2D eigenvalue weighted by Crippen LogP contribution is 2.30. The largest absolute Gasteiger partial charge is 0.507 e. The van der Waals surface area contributed by atoms with E-state index in [1.54, 1.807) is 6.07 Å². The lowest BCUT2D eigenvalue weighted by Gasteiger charge is -2.10. The number of nitrogens with one attached hydrogen (secondary N) is 1. The number of hydrogen-bond donors (Lipinski definition) is 2. The van der Waals surface area contributed by atoms with Crippen LogP contribution in [0.15, 0.2) is 22.7 Å². The average molecular weight is 328 g/mol. The molecule has 1 heterocycles. The molecule has 0 bridgehead atoms. The molecule has 0 amide bonds. The van der Waals surface area contributed by atoms with Crippen molar-refractivity contribution in [3.63, 3.8) is 0 Å². The SMILES string of the molecule is CC(C)Cn1c(-c2ccc(Br)cc2O)n[nH]c1=S. The van der Waals surface area contributed by atoms with Gasteiger partial charge >= 0.3 is 0 Å². The number of H-pyrrole nitrogens is 1. The maximum Gasteiger partial charge on any atom is 0.195 e. The van der Waals surface area contributed by atoms with E-state index >= 15 is 0 Å². The number of nitrogens with zero attached hydrogens (tertiary/aromatic N) is 2. The van der Waals surface area contributed by atoms with Gasteiger partial charge in [-0.15, -0.1) is 0 Å². The van der Waals surface area contributed by atoms with E-state index in [0.29, 0.717) is 22.1 Å². The van der Waals surface area contributed by atoms with E-state index in [9.17, 15) is 5.11 Å². The highest BCUT2D eigenvalue weighted by atomic mass is 79.9. The molecule has 0 atom stereocenters. The number of aromatic amines is 1. The summed E-state index contributed by atoms with van der Waals surface area (Å²) in [5.41, 5.74) is 0.672. The van der Waals surface area contributed by atoms with Gasteiger partial charge in [0.1, 0.15) is 5.75 Å². The van der Waals surface area contributed by atoms with Gasteiger partial charge in [0.25, 0.3) is 0 Å². The smallest absolute Gasteiger partial charge is 0.195 e. The minimum atomic E-state index is 0.184. The van der Waals surface area contributed by atoms with Crippen molar-refractivity contribution in [2.45, 2.75) is 20.4 Å². The van der Waals surface area contributed by atoms with Gasteiger partial charge in [-0.2, -0.15) is 5.10 Å². The number of aromatic nitrogens is 3. The first-order valence-corrected chi connectivity index (χ1v) is 6.83. The lowest BCUT2D eigenvalue weighted by Crippen LogP contribution is -2.06. The van der Waals surface area contributed by atoms with Crippen LogP contribution in [-0.4, -0.2) is 19.9 Å². The molecule has 1 aromatic carbocycles. The summed E-state index contributed by atoms with van der Waals surface area (Å²) >= 11 is 8.53. The fourth-order valence-corrected chi connectivity index (χ4v) is 2.31. The van der Waals surface area contributed by atoms with Gasteiger partial charge in [-0.3, -0.25) is 9.67 Å².